The van der Waals surface area contributed by atoms with E-state index in [2.05, 4.69) is 10.0 Å². The van der Waals surface area contributed by atoms with Crippen molar-refractivity contribution >= 4 is 33.4 Å². The molecule has 0 unspecified atom stereocenters. The highest BCUT2D eigenvalue weighted by Crippen LogP contribution is 2.20. The molecule has 3 amide bonds. The van der Waals surface area contributed by atoms with Gasteiger partial charge in [0, 0.05) is 17.3 Å². The molecule has 3 rings (SSSR count). The number of nitrogens with zero attached hydrogens (tertiary/aromatic N) is 1. The fraction of sp³-hybridized carbons (Fsp3) is 0.250. The SMILES string of the molecule is CC(C)NS(=O)(=O)c1ccc(NC(=O)CN2C(=O)Cc3ccccc3C2=O)cc1. The molecule has 0 spiro atoms. The minimum Gasteiger partial charge on any atom is -0.325 e. The molecule has 1 aliphatic heterocycles. The monoisotopic (exact) mass is 415 g/mol. The van der Waals surface area contributed by atoms with Crippen molar-refractivity contribution in [2.75, 3.05) is 11.9 Å². The zero-order valence-corrected chi connectivity index (χ0v) is 16.8. The summed E-state index contributed by atoms with van der Waals surface area (Å²) in [6, 6.07) is 12.2. The Bertz CT molecular complexity index is 1060. The van der Waals surface area contributed by atoms with Gasteiger partial charge in [0.2, 0.25) is 21.8 Å². The molecule has 8 nitrogen and oxygen atoms in total. The van der Waals surface area contributed by atoms with Crippen LogP contribution in [-0.4, -0.2) is 43.6 Å². The molecule has 0 aliphatic carbocycles. The van der Waals surface area contributed by atoms with E-state index in [-0.39, 0.29) is 17.4 Å². The topological polar surface area (TPSA) is 113 Å². The Hall–Kier alpha value is -3.04. The number of amides is 3. The first-order valence-electron chi connectivity index (χ1n) is 9.02. The number of rotatable bonds is 6. The molecule has 2 aromatic carbocycles. The van der Waals surface area contributed by atoms with Gasteiger partial charge >= 0.3 is 0 Å². The number of hydrogen-bond donors (Lipinski definition) is 2. The summed E-state index contributed by atoms with van der Waals surface area (Å²) in [7, 11) is -3.63. The van der Waals surface area contributed by atoms with E-state index in [9.17, 15) is 22.8 Å². The van der Waals surface area contributed by atoms with Crippen LogP contribution in [0, 0.1) is 0 Å². The average Bonchev–Trinajstić information content (AvgIpc) is 2.64. The maximum Gasteiger partial charge on any atom is 0.261 e. The second-order valence-electron chi connectivity index (χ2n) is 6.97. The van der Waals surface area contributed by atoms with Gasteiger partial charge < -0.3 is 5.32 Å². The zero-order valence-electron chi connectivity index (χ0n) is 16.0. The van der Waals surface area contributed by atoms with Crippen molar-refractivity contribution in [3.8, 4) is 0 Å². The summed E-state index contributed by atoms with van der Waals surface area (Å²) < 4.78 is 26.7. The Kier molecular flexibility index (Phi) is 5.81. The van der Waals surface area contributed by atoms with E-state index in [1.165, 1.54) is 24.3 Å². The maximum atomic E-state index is 12.5. The molecule has 152 valence electrons. The number of hydrogen-bond acceptors (Lipinski definition) is 5. The lowest BCUT2D eigenvalue weighted by Gasteiger charge is -2.26. The van der Waals surface area contributed by atoms with E-state index in [0.717, 1.165) is 4.90 Å². The van der Waals surface area contributed by atoms with Gasteiger partial charge in [0.1, 0.15) is 6.54 Å². The van der Waals surface area contributed by atoms with Crippen molar-refractivity contribution < 1.29 is 22.8 Å². The third-order valence-electron chi connectivity index (χ3n) is 4.28. The maximum absolute atomic E-state index is 12.5. The lowest BCUT2D eigenvalue weighted by atomic mass is 9.98. The van der Waals surface area contributed by atoms with E-state index in [1.807, 2.05) is 0 Å². The lowest BCUT2D eigenvalue weighted by molar-refractivity contribution is -0.131. The van der Waals surface area contributed by atoms with Crippen molar-refractivity contribution in [2.45, 2.75) is 31.2 Å². The molecular weight excluding hydrogens is 394 g/mol. The van der Waals surface area contributed by atoms with Crippen molar-refractivity contribution in [2.24, 2.45) is 0 Å². The summed E-state index contributed by atoms with van der Waals surface area (Å²) in [6.07, 6.45) is 0.0601. The Morgan fingerprint density at radius 2 is 1.72 bits per heavy atom. The molecule has 0 atom stereocenters. The lowest BCUT2D eigenvalue weighted by Crippen LogP contribution is -2.46. The number of anilines is 1. The van der Waals surface area contributed by atoms with Crippen LogP contribution in [0.25, 0.3) is 0 Å². The van der Waals surface area contributed by atoms with Gasteiger partial charge in [-0.25, -0.2) is 13.1 Å². The number of sulfonamides is 1. The molecule has 1 heterocycles. The molecule has 0 radical (unpaired) electrons. The van der Waals surface area contributed by atoms with Gasteiger partial charge in [-0.2, -0.15) is 0 Å². The van der Waals surface area contributed by atoms with Crippen molar-refractivity contribution in [1.29, 1.82) is 0 Å². The summed E-state index contributed by atoms with van der Waals surface area (Å²) >= 11 is 0. The quantitative estimate of drug-likeness (QED) is 0.695. The average molecular weight is 415 g/mol. The largest absolute Gasteiger partial charge is 0.325 e. The van der Waals surface area contributed by atoms with Gasteiger partial charge in [-0.15, -0.1) is 0 Å². The molecule has 29 heavy (non-hydrogen) atoms. The predicted molar refractivity (Wildman–Crippen MR) is 107 cm³/mol. The summed E-state index contributed by atoms with van der Waals surface area (Å²) in [6.45, 7) is 3.02. The van der Waals surface area contributed by atoms with Gasteiger partial charge in [0.05, 0.1) is 11.3 Å². The molecule has 9 heteroatoms. The molecule has 0 bridgehead atoms. The molecule has 1 aliphatic rings. The smallest absolute Gasteiger partial charge is 0.261 e. The van der Waals surface area contributed by atoms with Gasteiger partial charge in [-0.05, 0) is 49.7 Å². The van der Waals surface area contributed by atoms with Crippen LogP contribution >= 0.6 is 0 Å². The van der Waals surface area contributed by atoms with Crippen molar-refractivity contribution in [1.82, 2.24) is 9.62 Å². The summed E-state index contributed by atoms with van der Waals surface area (Å²) in [4.78, 5) is 38.1. The van der Waals surface area contributed by atoms with Crippen LogP contribution in [0.2, 0.25) is 0 Å². The molecule has 0 saturated carbocycles. The number of imide groups is 1. The van der Waals surface area contributed by atoms with E-state index in [1.54, 1.807) is 38.1 Å². The minimum atomic E-state index is -3.63. The van der Waals surface area contributed by atoms with E-state index >= 15 is 0 Å². The van der Waals surface area contributed by atoms with Gasteiger partial charge in [0.15, 0.2) is 0 Å². The molecule has 2 aromatic rings. The molecule has 0 aromatic heterocycles. The fourth-order valence-electron chi connectivity index (χ4n) is 3.00. The number of carbonyl (C=O) groups is 3. The molecule has 2 N–H and O–H groups in total. The number of benzene rings is 2. The van der Waals surface area contributed by atoms with Crippen LogP contribution in [0.3, 0.4) is 0 Å². The third-order valence-corrected chi connectivity index (χ3v) is 5.95. The van der Waals surface area contributed by atoms with Crippen LogP contribution < -0.4 is 10.0 Å². The Morgan fingerprint density at radius 1 is 1.07 bits per heavy atom. The van der Waals surface area contributed by atoms with E-state index in [4.69, 9.17) is 0 Å². The highest BCUT2D eigenvalue weighted by Gasteiger charge is 2.31. The van der Waals surface area contributed by atoms with Gasteiger partial charge in [-0.3, -0.25) is 19.3 Å². The zero-order chi connectivity index (χ0) is 21.2. The van der Waals surface area contributed by atoms with Crippen LogP contribution in [0.15, 0.2) is 53.4 Å². The highest BCUT2D eigenvalue weighted by atomic mass is 32.2. The minimum absolute atomic E-state index is 0.0601. The first-order valence-corrected chi connectivity index (χ1v) is 10.5. The first kappa shape index (κ1) is 20.7. The van der Waals surface area contributed by atoms with Gasteiger partial charge in [0.25, 0.3) is 5.91 Å². The van der Waals surface area contributed by atoms with Crippen molar-refractivity contribution in [3.63, 3.8) is 0 Å². The third kappa shape index (κ3) is 4.69. The normalized spacial score (nSPS) is 14.1. The Labute approximate surface area is 169 Å². The summed E-state index contributed by atoms with van der Waals surface area (Å²) in [5, 5.41) is 2.57. The standard InChI is InChI=1S/C20H21N3O5S/c1-13(2)22-29(27,28)16-9-7-15(8-10-16)21-18(24)12-23-19(25)11-14-5-3-4-6-17(14)20(23)26/h3-10,13,22H,11-12H2,1-2H3,(H,21,24). The van der Waals surface area contributed by atoms with Gasteiger partial charge in [-0.1, -0.05) is 18.2 Å². The van der Waals surface area contributed by atoms with Crippen LogP contribution in [0.5, 0.6) is 0 Å². The molecular formula is C20H21N3O5S. The Balaban J connectivity index is 1.67. The van der Waals surface area contributed by atoms with Crippen molar-refractivity contribution in [3.05, 3.63) is 59.7 Å². The summed E-state index contributed by atoms with van der Waals surface area (Å²) in [5.41, 5.74) is 1.41. The number of nitrogens with one attached hydrogen (secondary N) is 2. The highest BCUT2D eigenvalue weighted by molar-refractivity contribution is 7.89. The molecule has 0 saturated heterocycles. The fourth-order valence-corrected chi connectivity index (χ4v) is 4.25. The second kappa shape index (κ2) is 8.14. The predicted octanol–water partition coefficient (Wildman–Crippen LogP) is 1.54. The molecule has 0 fully saturated rings. The van der Waals surface area contributed by atoms with E-state index in [0.29, 0.717) is 16.8 Å². The Morgan fingerprint density at radius 3 is 2.38 bits per heavy atom. The van der Waals surface area contributed by atoms with E-state index < -0.39 is 34.3 Å². The van der Waals surface area contributed by atoms with Crippen LogP contribution in [0.4, 0.5) is 5.69 Å². The number of fused-ring (bicyclic) bond motifs is 1. The van der Waals surface area contributed by atoms with Crippen LogP contribution in [-0.2, 0) is 26.0 Å². The number of carbonyl (C=O) groups excluding carboxylic acids is 3. The first-order chi connectivity index (χ1) is 13.7. The second-order valence-corrected chi connectivity index (χ2v) is 8.68. The summed E-state index contributed by atoms with van der Waals surface area (Å²) in [5.74, 6) is -1.50. The van der Waals surface area contributed by atoms with Crippen LogP contribution in [0.1, 0.15) is 29.8 Å².